The molecular weight excluding hydrogens is 148 g/mol. The molecule has 0 aliphatic carbocycles. The largest absolute Gasteiger partial charge is 0.324 e. The van der Waals surface area contributed by atoms with Gasteiger partial charge in [-0.15, -0.1) is 6.58 Å². The van der Waals surface area contributed by atoms with Crippen molar-refractivity contribution in [2.24, 2.45) is 5.73 Å². The second-order valence-corrected chi connectivity index (χ2v) is 2.93. The molecule has 1 unspecified atom stereocenters. The normalized spacial score (nSPS) is 12.5. The summed E-state index contributed by atoms with van der Waals surface area (Å²) in [5.41, 5.74) is 8.09. The topological polar surface area (TPSA) is 38.9 Å². The van der Waals surface area contributed by atoms with Crippen LogP contribution in [0.25, 0.3) is 0 Å². The Labute approximate surface area is 73.1 Å². The molecule has 2 N–H and O–H groups in total. The first kappa shape index (κ1) is 8.94. The van der Waals surface area contributed by atoms with E-state index in [1.54, 1.807) is 6.20 Å². The lowest BCUT2D eigenvalue weighted by Gasteiger charge is -2.08. The third kappa shape index (κ3) is 2.17. The molecule has 1 rings (SSSR count). The van der Waals surface area contributed by atoms with Crippen LogP contribution in [0.3, 0.4) is 0 Å². The lowest BCUT2D eigenvalue weighted by molar-refractivity contribution is 0.736. The van der Waals surface area contributed by atoms with E-state index in [0.29, 0.717) is 0 Å². The third-order valence-electron chi connectivity index (χ3n) is 1.74. The third-order valence-corrected chi connectivity index (χ3v) is 1.74. The number of pyridine rings is 1. The standard InChI is InChI=1S/C10H14N2/c1-3-4-10(11)9-5-8(2)6-12-7-9/h3,5-7,10H,1,4,11H2,2H3. The van der Waals surface area contributed by atoms with E-state index in [0.717, 1.165) is 17.5 Å². The number of nitrogens with two attached hydrogens (primary N) is 1. The molecule has 0 radical (unpaired) electrons. The van der Waals surface area contributed by atoms with Crippen LogP contribution in [-0.4, -0.2) is 4.98 Å². The molecule has 2 nitrogen and oxygen atoms in total. The number of nitrogens with zero attached hydrogens (tertiary/aromatic N) is 1. The van der Waals surface area contributed by atoms with E-state index in [2.05, 4.69) is 17.6 Å². The molecule has 1 aromatic heterocycles. The van der Waals surface area contributed by atoms with Crippen LogP contribution in [-0.2, 0) is 0 Å². The zero-order valence-electron chi connectivity index (χ0n) is 7.33. The predicted molar refractivity (Wildman–Crippen MR) is 50.7 cm³/mol. The lowest BCUT2D eigenvalue weighted by atomic mass is 10.1. The molecule has 1 atom stereocenters. The van der Waals surface area contributed by atoms with Gasteiger partial charge in [0, 0.05) is 18.4 Å². The first-order valence-corrected chi connectivity index (χ1v) is 4.02. The van der Waals surface area contributed by atoms with E-state index in [9.17, 15) is 0 Å². The molecule has 0 aromatic carbocycles. The quantitative estimate of drug-likeness (QED) is 0.690. The Hall–Kier alpha value is -1.15. The number of rotatable bonds is 3. The molecule has 0 aliphatic heterocycles. The summed E-state index contributed by atoms with van der Waals surface area (Å²) >= 11 is 0. The highest BCUT2D eigenvalue weighted by Crippen LogP contribution is 2.13. The van der Waals surface area contributed by atoms with E-state index in [4.69, 9.17) is 5.73 Å². The van der Waals surface area contributed by atoms with Gasteiger partial charge in [0.25, 0.3) is 0 Å². The van der Waals surface area contributed by atoms with Crippen molar-refractivity contribution in [1.29, 1.82) is 0 Å². The summed E-state index contributed by atoms with van der Waals surface area (Å²) in [7, 11) is 0. The first-order chi connectivity index (χ1) is 5.74. The Kier molecular flexibility index (Phi) is 3.00. The molecule has 1 aromatic rings. The van der Waals surface area contributed by atoms with Crippen LogP contribution in [0.2, 0.25) is 0 Å². The molecule has 0 bridgehead atoms. The minimum Gasteiger partial charge on any atom is -0.324 e. The van der Waals surface area contributed by atoms with E-state index in [1.807, 2.05) is 19.2 Å². The Morgan fingerprint density at radius 3 is 3.00 bits per heavy atom. The predicted octanol–water partition coefficient (Wildman–Crippen LogP) is 1.97. The molecule has 0 amide bonds. The molecular formula is C10H14N2. The van der Waals surface area contributed by atoms with Gasteiger partial charge in [-0.3, -0.25) is 4.98 Å². The van der Waals surface area contributed by atoms with Crippen molar-refractivity contribution in [3.63, 3.8) is 0 Å². The van der Waals surface area contributed by atoms with Gasteiger partial charge in [0.15, 0.2) is 0 Å². The van der Waals surface area contributed by atoms with Gasteiger partial charge < -0.3 is 5.73 Å². The molecule has 64 valence electrons. The summed E-state index contributed by atoms with van der Waals surface area (Å²) in [6, 6.07) is 2.09. The Morgan fingerprint density at radius 2 is 2.42 bits per heavy atom. The Balaban J connectivity index is 2.80. The molecule has 0 spiro atoms. The maximum absolute atomic E-state index is 5.86. The van der Waals surface area contributed by atoms with Crippen LogP contribution in [0.1, 0.15) is 23.6 Å². The zero-order valence-corrected chi connectivity index (χ0v) is 7.33. The summed E-state index contributed by atoms with van der Waals surface area (Å²) in [6.07, 6.45) is 6.25. The summed E-state index contributed by atoms with van der Waals surface area (Å²) in [4.78, 5) is 4.07. The van der Waals surface area contributed by atoms with Crippen LogP contribution >= 0.6 is 0 Å². The molecule has 12 heavy (non-hydrogen) atoms. The van der Waals surface area contributed by atoms with Gasteiger partial charge in [0.2, 0.25) is 0 Å². The van der Waals surface area contributed by atoms with Crippen molar-refractivity contribution in [2.45, 2.75) is 19.4 Å². The summed E-state index contributed by atoms with van der Waals surface area (Å²) < 4.78 is 0. The molecule has 0 saturated carbocycles. The SMILES string of the molecule is C=CCC(N)c1cncc(C)c1. The van der Waals surface area contributed by atoms with Crippen molar-refractivity contribution in [1.82, 2.24) is 4.98 Å². The minimum atomic E-state index is 0.0369. The number of aryl methyl sites for hydroxylation is 1. The minimum absolute atomic E-state index is 0.0369. The molecule has 1 heterocycles. The maximum Gasteiger partial charge on any atom is 0.0345 e. The molecule has 0 aliphatic rings. The van der Waals surface area contributed by atoms with E-state index < -0.39 is 0 Å². The zero-order chi connectivity index (χ0) is 8.97. The number of hydrogen-bond acceptors (Lipinski definition) is 2. The smallest absolute Gasteiger partial charge is 0.0345 e. The fourth-order valence-electron chi connectivity index (χ4n) is 1.10. The van der Waals surface area contributed by atoms with Crippen LogP contribution in [0.4, 0.5) is 0 Å². The van der Waals surface area contributed by atoms with E-state index >= 15 is 0 Å². The van der Waals surface area contributed by atoms with Crippen molar-refractivity contribution >= 4 is 0 Å². The van der Waals surface area contributed by atoms with Crippen molar-refractivity contribution in [2.75, 3.05) is 0 Å². The summed E-state index contributed by atoms with van der Waals surface area (Å²) in [6.45, 7) is 5.66. The molecule has 0 fully saturated rings. The van der Waals surface area contributed by atoms with Gasteiger partial charge >= 0.3 is 0 Å². The molecule has 2 heteroatoms. The van der Waals surface area contributed by atoms with Crippen molar-refractivity contribution < 1.29 is 0 Å². The van der Waals surface area contributed by atoms with Crippen LogP contribution in [0, 0.1) is 6.92 Å². The average molecular weight is 162 g/mol. The van der Waals surface area contributed by atoms with Crippen molar-refractivity contribution in [3.05, 3.63) is 42.2 Å². The summed E-state index contributed by atoms with van der Waals surface area (Å²) in [5, 5.41) is 0. The summed E-state index contributed by atoms with van der Waals surface area (Å²) in [5.74, 6) is 0. The highest BCUT2D eigenvalue weighted by atomic mass is 14.7. The molecule has 0 saturated heterocycles. The lowest BCUT2D eigenvalue weighted by Crippen LogP contribution is -2.09. The van der Waals surface area contributed by atoms with E-state index in [1.165, 1.54) is 0 Å². The van der Waals surface area contributed by atoms with Crippen LogP contribution in [0.5, 0.6) is 0 Å². The van der Waals surface area contributed by atoms with Gasteiger partial charge in [-0.1, -0.05) is 12.1 Å². The highest BCUT2D eigenvalue weighted by Gasteiger charge is 2.03. The monoisotopic (exact) mass is 162 g/mol. The van der Waals surface area contributed by atoms with E-state index in [-0.39, 0.29) is 6.04 Å². The fourth-order valence-corrected chi connectivity index (χ4v) is 1.10. The Morgan fingerprint density at radius 1 is 1.67 bits per heavy atom. The van der Waals surface area contributed by atoms with Crippen molar-refractivity contribution in [3.8, 4) is 0 Å². The second kappa shape index (κ2) is 4.02. The number of hydrogen-bond donors (Lipinski definition) is 1. The van der Waals surface area contributed by atoms with Gasteiger partial charge in [-0.05, 0) is 24.5 Å². The van der Waals surface area contributed by atoms with Crippen LogP contribution in [0.15, 0.2) is 31.1 Å². The second-order valence-electron chi connectivity index (χ2n) is 2.93. The van der Waals surface area contributed by atoms with Gasteiger partial charge in [0.1, 0.15) is 0 Å². The average Bonchev–Trinajstić information content (AvgIpc) is 2.05. The highest BCUT2D eigenvalue weighted by molar-refractivity contribution is 5.20. The number of aromatic nitrogens is 1. The van der Waals surface area contributed by atoms with Gasteiger partial charge in [-0.25, -0.2) is 0 Å². The Bertz CT molecular complexity index is 268. The fraction of sp³-hybridized carbons (Fsp3) is 0.300. The maximum atomic E-state index is 5.86. The van der Waals surface area contributed by atoms with Gasteiger partial charge in [-0.2, -0.15) is 0 Å². The van der Waals surface area contributed by atoms with Crippen LogP contribution < -0.4 is 5.73 Å². The first-order valence-electron chi connectivity index (χ1n) is 4.02. The van der Waals surface area contributed by atoms with Gasteiger partial charge in [0.05, 0.1) is 0 Å².